The van der Waals surface area contributed by atoms with Crippen LogP contribution in [-0.2, 0) is 30.5 Å². The fourth-order valence-corrected chi connectivity index (χ4v) is 2.23. The van der Waals surface area contributed by atoms with Gasteiger partial charge in [0.2, 0.25) is 0 Å². The Kier molecular flexibility index (Phi) is 5.17. The topological polar surface area (TPSA) is 102 Å². The highest BCUT2D eigenvalue weighted by Gasteiger charge is 2.52. The van der Waals surface area contributed by atoms with Crippen LogP contribution in [0.4, 0.5) is 4.79 Å². The van der Waals surface area contributed by atoms with Gasteiger partial charge in [-0.1, -0.05) is 41.9 Å². The first-order chi connectivity index (χ1) is 11.0. The average molecular weight is 341 g/mol. The van der Waals surface area contributed by atoms with E-state index in [4.69, 9.17) is 16.3 Å². The number of nitrogens with one attached hydrogen (secondary N) is 1. The first kappa shape index (κ1) is 16.8. The molecular formula is C14H13ClN2O6. The van der Waals surface area contributed by atoms with Crippen molar-refractivity contribution in [2.24, 2.45) is 0 Å². The third-order valence-corrected chi connectivity index (χ3v) is 3.54. The second-order valence-corrected chi connectivity index (χ2v) is 5.01. The van der Waals surface area contributed by atoms with Crippen LogP contribution in [0.2, 0.25) is 0 Å². The lowest BCUT2D eigenvalue weighted by Gasteiger charge is -2.40. The van der Waals surface area contributed by atoms with Gasteiger partial charge in [0.1, 0.15) is 18.1 Å². The summed E-state index contributed by atoms with van der Waals surface area (Å²) in [4.78, 5) is 46.5. The number of halogens is 1. The Hall–Kier alpha value is -2.61. The highest BCUT2D eigenvalue weighted by Crippen LogP contribution is 2.24. The fraction of sp³-hybridized carbons (Fsp3) is 0.286. The van der Waals surface area contributed by atoms with Gasteiger partial charge in [-0.15, -0.1) is 0 Å². The minimum Gasteiger partial charge on any atom is -0.462 e. The number of nitrogens with zero attached hydrogens (tertiary/aromatic N) is 1. The summed E-state index contributed by atoms with van der Waals surface area (Å²) in [6, 6.07) is 7.79. The zero-order valence-corrected chi connectivity index (χ0v) is 12.8. The maximum Gasteiger partial charge on any atom is 0.408 e. The van der Waals surface area contributed by atoms with Gasteiger partial charge < -0.3 is 14.8 Å². The number of β-lactam (4-membered cyclic amide) rings is 1. The molecule has 1 aromatic carbocycles. The molecule has 1 aliphatic rings. The number of esters is 1. The van der Waals surface area contributed by atoms with Crippen LogP contribution in [-0.4, -0.2) is 47.4 Å². The second kappa shape index (κ2) is 7.10. The summed E-state index contributed by atoms with van der Waals surface area (Å²) in [7, 11) is 1.00. The van der Waals surface area contributed by atoms with Gasteiger partial charge in [0.25, 0.3) is 5.91 Å². The van der Waals surface area contributed by atoms with Crippen LogP contribution in [0, 0.1) is 0 Å². The molecule has 1 aromatic rings. The molecule has 1 heterocycles. The largest absolute Gasteiger partial charge is 0.462 e. The van der Waals surface area contributed by atoms with Crippen molar-refractivity contribution in [3.8, 4) is 0 Å². The van der Waals surface area contributed by atoms with Gasteiger partial charge in [0, 0.05) is 0 Å². The predicted molar refractivity (Wildman–Crippen MR) is 77.1 cm³/mol. The minimum atomic E-state index is -1.21. The van der Waals surface area contributed by atoms with Crippen LogP contribution in [0.3, 0.4) is 0 Å². The number of methoxy groups -OCH3 is 1. The third-order valence-electron chi connectivity index (χ3n) is 3.09. The Morgan fingerprint density at radius 2 is 1.91 bits per heavy atom. The van der Waals surface area contributed by atoms with E-state index >= 15 is 0 Å². The molecule has 23 heavy (non-hydrogen) atoms. The molecule has 0 bridgehead atoms. The fourth-order valence-electron chi connectivity index (χ4n) is 1.88. The maximum atomic E-state index is 11.8. The summed E-state index contributed by atoms with van der Waals surface area (Å²) in [6.45, 7) is 0.0192. The van der Waals surface area contributed by atoms with Crippen LogP contribution in [0.15, 0.2) is 30.3 Å². The number of likely N-dealkylation sites (tertiary alicyclic amines) is 1. The molecule has 0 aliphatic carbocycles. The summed E-state index contributed by atoms with van der Waals surface area (Å²) in [5, 5.41) is 2.24. The van der Waals surface area contributed by atoms with E-state index in [0.29, 0.717) is 4.90 Å². The predicted octanol–water partition coefficient (Wildman–Crippen LogP) is 0.388. The molecule has 1 fully saturated rings. The summed E-state index contributed by atoms with van der Waals surface area (Å²) >= 11 is 5.84. The quantitative estimate of drug-likeness (QED) is 0.281. The average Bonchev–Trinajstić information content (AvgIpc) is 2.58. The number of rotatable bonds is 3. The molecular weight excluding hydrogens is 328 g/mol. The van der Waals surface area contributed by atoms with E-state index in [-0.39, 0.29) is 6.61 Å². The van der Waals surface area contributed by atoms with Crippen LogP contribution in [0.25, 0.3) is 0 Å². The zero-order chi connectivity index (χ0) is 17.0. The van der Waals surface area contributed by atoms with Crippen LogP contribution in [0.5, 0.6) is 0 Å². The standard InChI is InChI=1S/C14H13ClN2O6/c1-22-13(20)12(19)17-10(15)9(11(17)18)16-14(21)23-7-8-5-3-2-4-6-8/h2-6,9-10H,7H2,1H3,(H,16,21)/t9-,10-/m0/s1. The van der Waals surface area contributed by atoms with E-state index in [1.54, 1.807) is 24.3 Å². The van der Waals surface area contributed by atoms with Crippen molar-refractivity contribution in [3.05, 3.63) is 35.9 Å². The Balaban J connectivity index is 1.85. The van der Waals surface area contributed by atoms with Crippen molar-refractivity contribution in [2.45, 2.75) is 18.1 Å². The number of hydrogen-bond acceptors (Lipinski definition) is 6. The van der Waals surface area contributed by atoms with E-state index < -0.39 is 35.4 Å². The molecule has 122 valence electrons. The first-order valence-electron chi connectivity index (χ1n) is 6.52. The monoisotopic (exact) mass is 340 g/mol. The van der Waals surface area contributed by atoms with Crippen LogP contribution >= 0.6 is 11.6 Å². The Labute approximate surface area is 136 Å². The number of carbonyl (C=O) groups is 4. The van der Waals surface area contributed by atoms with Crippen LogP contribution < -0.4 is 5.32 Å². The van der Waals surface area contributed by atoms with Crippen molar-refractivity contribution >= 4 is 35.5 Å². The van der Waals surface area contributed by atoms with Crippen molar-refractivity contribution in [2.75, 3.05) is 7.11 Å². The Bertz CT molecular complexity index is 635. The van der Waals surface area contributed by atoms with Crippen LogP contribution in [0.1, 0.15) is 5.56 Å². The van der Waals surface area contributed by atoms with Crippen molar-refractivity contribution in [1.29, 1.82) is 0 Å². The second-order valence-electron chi connectivity index (χ2n) is 4.56. The molecule has 9 heteroatoms. The maximum absolute atomic E-state index is 11.8. The SMILES string of the molecule is COC(=O)C(=O)N1C(=O)[C@@H](NC(=O)OCc2ccccc2)[C@H]1Cl. The van der Waals surface area contributed by atoms with E-state index in [9.17, 15) is 19.2 Å². The van der Waals surface area contributed by atoms with Crippen molar-refractivity contribution in [1.82, 2.24) is 10.2 Å². The molecule has 1 saturated heterocycles. The number of hydrogen-bond donors (Lipinski definition) is 1. The molecule has 1 aliphatic heterocycles. The number of alkyl carbamates (subject to hydrolysis) is 1. The molecule has 3 amide bonds. The number of benzene rings is 1. The molecule has 2 atom stereocenters. The van der Waals surface area contributed by atoms with Gasteiger partial charge in [0.05, 0.1) is 7.11 Å². The summed E-state index contributed by atoms with van der Waals surface area (Å²) < 4.78 is 9.16. The Morgan fingerprint density at radius 1 is 1.26 bits per heavy atom. The summed E-state index contributed by atoms with van der Waals surface area (Å²) in [5.74, 6) is -3.21. The molecule has 0 spiro atoms. The molecule has 0 aromatic heterocycles. The molecule has 2 rings (SSSR count). The molecule has 8 nitrogen and oxygen atoms in total. The summed E-state index contributed by atoms with van der Waals surface area (Å²) in [5.41, 5.74) is -0.411. The van der Waals surface area contributed by atoms with Gasteiger partial charge in [0.15, 0.2) is 0 Å². The number of carbonyl (C=O) groups excluding carboxylic acids is 4. The van der Waals surface area contributed by atoms with Crippen molar-refractivity contribution < 1.29 is 28.7 Å². The first-order valence-corrected chi connectivity index (χ1v) is 6.96. The lowest BCUT2D eigenvalue weighted by molar-refractivity contribution is -0.169. The van der Waals surface area contributed by atoms with E-state index in [0.717, 1.165) is 12.7 Å². The molecule has 0 radical (unpaired) electrons. The van der Waals surface area contributed by atoms with Gasteiger partial charge in [-0.3, -0.25) is 14.5 Å². The normalized spacial score (nSPS) is 19.6. The van der Waals surface area contributed by atoms with Gasteiger partial charge >= 0.3 is 18.0 Å². The van der Waals surface area contributed by atoms with E-state index in [2.05, 4.69) is 10.1 Å². The number of imide groups is 1. The lowest BCUT2D eigenvalue weighted by Crippen LogP contribution is -2.71. The number of amides is 3. The lowest BCUT2D eigenvalue weighted by atomic mass is 10.1. The van der Waals surface area contributed by atoms with E-state index in [1.165, 1.54) is 0 Å². The zero-order valence-electron chi connectivity index (χ0n) is 12.0. The summed E-state index contributed by atoms with van der Waals surface area (Å²) in [6.07, 6.45) is -0.858. The van der Waals surface area contributed by atoms with Gasteiger partial charge in [-0.2, -0.15) is 0 Å². The van der Waals surface area contributed by atoms with Gasteiger partial charge in [-0.05, 0) is 5.56 Å². The molecule has 0 unspecified atom stereocenters. The number of ether oxygens (including phenoxy) is 2. The molecule has 1 N–H and O–H groups in total. The number of alkyl halides is 1. The smallest absolute Gasteiger partial charge is 0.408 e. The minimum absolute atomic E-state index is 0.0192. The van der Waals surface area contributed by atoms with Gasteiger partial charge in [-0.25, -0.2) is 9.59 Å². The Morgan fingerprint density at radius 3 is 2.48 bits per heavy atom. The molecule has 0 saturated carbocycles. The highest BCUT2D eigenvalue weighted by molar-refractivity contribution is 6.40. The highest BCUT2D eigenvalue weighted by atomic mass is 35.5. The third kappa shape index (κ3) is 3.59. The van der Waals surface area contributed by atoms with E-state index in [1.807, 2.05) is 6.07 Å². The van der Waals surface area contributed by atoms with Crippen molar-refractivity contribution in [3.63, 3.8) is 0 Å².